The number of pyridine rings is 1. The molecule has 6 nitrogen and oxygen atoms in total. The summed E-state index contributed by atoms with van der Waals surface area (Å²) in [5, 5.41) is 18.2. The Morgan fingerprint density at radius 3 is 2.90 bits per heavy atom. The molecular formula is C14H16N4O2. The van der Waals surface area contributed by atoms with E-state index < -0.39 is 5.97 Å². The Balaban J connectivity index is 2.59. The van der Waals surface area contributed by atoms with Crippen LogP contribution in [0.25, 0.3) is 5.65 Å². The van der Waals surface area contributed by atoms with Crippen molar-refractivity contribution < 1.29 is 9.90 Å². The second-order valence-corrected chi connectivity index (χ2v) is 4.71. The highest BCUT2D eigenvalue weighted by Crippen LogP contribution is 2.23. The maximum absolute atomic E-state index is 11.5. The van der Waals surface area contributed by atoms with E-state index in [0.717, 1.165) is 0 Å². The number of aromatic nitrogens is 2. The van der Waals surface area contributed by atoms with Gasteiger partial charge in [-0.3, -0.25) is 4.40 Å². The van der Waals surface area contributed by atoms with Crippen molar-refractivity contribution in [2.45, 2.75) is 26.3 Å². The minimum atomic E-state index is -1.03. The molecule has 0 amide bonds. The molecule has 2 aromatic rings. The molecule has 6 heteroatoms. The van der Waals surface area contributed by atoms with E-state index in [-0.39, 0.29) is 11.7 Å². The lowest BCUT2D eigenvalue weighted by Gasteiger charge is -2.26. The molecular weight excluding hydrogens is 256 g/mol. The molecule has 0 spiro atoms. The molecule has 0 aliphatic rings. The number of nitriles is 1. The quantitative estimate of drug-likeness (QED) is 0.902. The summed E-state index contributed by atoms with van der Waals surface area (Å²) in [6, 6.07) is 7.48. The van der Waals surface area contributed by atoms with Crippen LogP contribution >= 0.6 is 0 Å². The van der Waals surface area contributed by atoms with Crippen molar-refractivity contribution in [2.75, 3.05) is 11.4 Å². The molecule has 0 saturated carbocycles. The van der Waals surface area contributed by atoms with Crippen LogP contribution in [-0.4, -0.2) is 33.0 Å². The third-order valence-corrected chi connectivity index (χ3v) is 3.07. The zero-order chi connectivity index (χ0) is 14.7. The number of anilines is 1. The molecule has 0 fully saturated rings. The number of carbonyl (C=O) groups is 1. The molecule has 2 aromatic heterocycles. The number of rotatable bonds is 5. The highest BCUT2D eigenvalue weighted by atomic mass is 16.4. The van der Waals surface area contributed by atoms with Gasteiger partial charge in [0.15, 0.2) is 11.5 Å². The smallest absolute Gasteiger partial charge is 0.356 e. The molecule has 0 saturated heterocycles. The van der Waals surface area contributed by atoms with Crippen LogP contribution in [0.1, 0.15) is 30.8 Å². The van der Waals surface area contributed by atoms with Crippen LogP contribution in [0.5, 0.6) is 0 Å². The summed E-state index contributed by atoms with van der Waals surface area (Å²) >= 11 is 0. The van der Waals surface area contributed by atoms with Crippen LogP contribution in [0.4, 0.5) is 5.82 Å². The standard InChI is InChI=1S/C14H16N4O2/c1-10(2)17(9-5-7-15)13-12(14(19)20)18-8-4-3-6-11(18)16-13/h3-4,6,8,10H,5,9H2,1-2H3,(H,19,20). The van der Waals surface area contributed by atoms with E-state index in [4.69, 9.17) is 5.26 Å². The van der Waals surface area contributed by atoms with Gasteiger partial charge in [0.2, 0.25) is 0 Å². The van der Waals surface area contributed by atoms with E-state index in [9.17, 15) is 9.90 Å². The van der Waals surface area contributed by atoms with Crippen molar-refractivity contribution >= 4 is 17.4 Å². The molecule has 104 valence electrons. The first-order valence-electron chi connectivity index (χ1n) is 6.40. The normalized spacial score (nSPS) is 10.7. The second kappa shape index (κ2) is 5.61. The van der Waals surface area contributed by atoms with Crippen LogP contribution in [0.2, 0.25) is 0 Å². The van der Waals surface area contributed by atoms with Crippen LogP contribution < -0.4 is 4.90 Å². The number of hydrogen-bond donors (Lipinski definition) is 1. The molecule has 2 rings (SSSR count). The van der Waals surface area contributed by atoms with Gasteiger partial charge in [-0.2, -0.15) is 5.26 Å². The Morgan fingerprint density at radius 2 is 2.30 bits per heavy atom. The fourth-order valence-electron chi connectivity index (χ4n) is 2.16. The van der Waals surface area contributed by atoms with E-state index in [1.165, 1.54) is 0 Å². The van der Waals surface area contributed by atoms with E-state index in [1.807, 2.05) is 24.8 Å². The topological polar surface area (TPSA) is 81.6 Å². The van der Waals surface area contributed by atoms with E-state index in [0.29, 0.717) is 24.4 Å². The molecule has 0 aliphatic heterocycles. The molecule has 1 N–H and O–H groups in total. The Kier molecular flexibility index (Phi) is 3.89. The second-order valence-electron chi connectivity index (χ2n) is 4.71. The van der Waals surface area contributed by atoms with Gasteiger partial charge in [0, 0.05) is 18.8 Å². The lowest BCUT2D eigenvalue weighted by molar-refractivity contribution is 0.0690. The SMILES string of the molecule is CC(C)N(CCC#N)c1nc2ccccn2c1C(=O)O. The van der Waals surface area contributed by atoms with Gasteiger partial charge < -0.3 is 10.0 Å². The monoisotopic (exact) mass is 272 g/mol. The lowest BCUT2D eigenvalue weighted by atomic mass is 10.2. The number of aromatic carboxylic acids is 1. The molecule has 0 radical (unpaired) electrons. The fraction of sp³-hybridized carbons (Fsp3) is 0.357. The molecule has 20 heavy (non-hydrogen) atoms. The molecule has 2 heterocycles. The van der Waals surface area contributed by atoms with Crippen molar-refractivity contribution in [3.8, 4) is 6.07 Å². The van der Waals surface area contributed by atoms with Gasteiger partial charge >= 0.3 is 5.97 Å². The minimum absolute atomic E-state index is 0.0614. The molecule has 0 atom stereocenters. The Hall–Kier alpha value is -2.55. The Morgan fingerprint density at radius 1 is 1.55 bits per heavy atom. The number of hydrogen-bond acceptors (Lipinski definition) is 4. The highest BCUT2D eigenvalue weighted by molar-refractivity contribution is 5.93. The Bertz CT molecular complexity index is 669. The number of imidazole rings is 1. The third kappa shape index (κ3) is 2.43. The molecule has 0 aliphatic carbocycles. The highest BCUT2D eigenvalue weighted by Gasteiger charge is 2.24. The summed E-state index contributed by atoms with van der Waals surface area (Å²) in [7, 11) is 0. The van der Waals surface area contributed by atoms with Crippen molar-refractivity contribution in [1.82, 2.24) is 9.38 Å². The largest absolute Gasteiger partial charge is 0.476 e. The van der Waals surface area contributed by atoms with Crippen molar-refractivity contribution in [2.24, 2.45) is 0 Å². The van der Waals surface area contributed by atoms with E-state index >= 15 is 0 Å². The summed E-state index contributed by atoms with van der Waals surface area (Å²) in [5.41, 5.74) is 0.717. The van der Waals surface area contributed by atoms with Crippen LogP contribution in [-0.2, 0) is 0 Å². The summed E-state index contributed by atoms with van der Waals surface area (Å²) in [6.45, 7) is 4.36. The average Bonchev–Trinajstić information content (AvgIpc) is 2.77. The van der Waals surface area contributed by atoms with Gasteiger partial charge in [-0.15, -0.1) is 0 Å². The van der Waals surface area contributed by atoms with Crippen LogP contribution in [0.15, 0.2) is 24.4 Å². The van der Waals surface area contributed by atoms with Crippen LogP contribution in [0.3, 0.4) is 0 Å². The summed E-state index contributed by atoms with van der Waals surface area (Å²) in [4.78, 5) is 17.8. The van der Waals surface area contributed by atoms with Gasteiger partial charge in [0.05, 0.1) is 12.5 Å². The van der Waals surface area contributed by atoms with Gasteiger partial charge in [0.25, 0.3) is 0 Å². The molecule has 0 unspecified atom stereocenters. The number of nitrogens with zero attached hydrogens (tertiary/aromatic N) is 4. The number of carboxylic acids is 1. The zero-order valence-electron chi connectivity index (χ0n) is 11.4. The van der Waals surface area contributed by atoms with Crippen molar-refractivity contribution in [3.05, 3.63) is 30.1 Å². The van der Waals surface area contributed by atoms with Crippen LogP contribution in [0, 0.1) is 11.3 Å². The predicted octanol–water partition coefficient (Wildman–Crippen LogP) is 2.16. The van der Waals surface area contributed by atoms with E-state index in [2.05, 4.69) is 11.1 Å². The minimum Gasteiger partial charge on any atom is -0.476 e. The summed E-state index contributed by atoms with van der Waals surface area (Å²) in [6.07, 6.45) is 2.00. The van der Waals surface area contributed by atoms with E-state index in [1.54, 1.807) is 22.7 Å². The van der Waals surface area contributed by atoms with Gasteiger partial charge in [-0.25, -0.2) is 9.78 Å². The fourth-order valence-corrected chi connectivity index (χ4v) is 2.16. The molecule has 0 bridgehead atoms. The van der Waals surface area contributed by atoms with Gasteiger partial charge in [0.1, 0.15) is 5.65 Å². The van der Waals surface area contributed by atoms with Gasteiger partial charge in [-0.1, -0.05) is 6.07 Å². The third-order valence-electron chi connectivity index (χ3n) is 3.07. The summed E-state index contributed by atoms with van der Waals surface area (Å²) < 4.78 is 1.55. The first kappa shape index (κ1) is 13.9. The van der Waals surface area contributed by atoms with Crippen molar-refractivity contribution in [1.29, 1.82) is 5.26 Å². The first-order chi connectivity index (χ1) is 9.56. The molecule has 0 aromatic carbocycles. The van der Waals surface area contributed by atoms with Crippen molar-refractivity contribution in [3.63, 3.8) is 0 Å². The number of fused-ring (bicyclic) bond motifs is 1. The average molecular weight is 272 g/mol. The predicted molar refractivity (Wildman–Crippen MR) is 74.9 cm³/mol. The maximum atomic E-state index is 11.5. The maximum Gasteiger partial charge on any atom is 0.356 e. The zero-order valence-corrected chi connectivity index (χ0v) is 11.4. The summed E-state index contributed by atoms with van der Waals surface area (Å²) in [5.74, 6) is -0.616. The first-order valence-corrected chi connectivity index (χ1v) is 6.40. The lowest BCUT2D eigenvalue weighted by Crippen LogP contribution is -2.33. The Labute approximate surface area is 116 Å². The van der Waals surface area contributed by atoms with Gasteiger partial charge in [-0.05, 0) is 26.0 Å². The number of carboxylic acid groups (broad SMARTS) is 1.